The Morgan fingerprint density at radius 3 is 2.43 bits per heavy atom. The van der Waals surface area contributed by atoms with Gasteiger partial charge in [0, 0.05) is 38.7 Å². The number of hydrogen-bond donors (Lipinski definition) is 0. The molecule has 1 aliphatic heterocycles. The van der Waals surface area contributed by atoms with Crippen LogP contribution in [0, 0.1) is 17.0 Å². The number of aromatic nitrogens is 1. The molecule has 0 aliphatic carbocycles. The molecule has 2 aromatic carbocycles. The van der Waals surface area contributed by atoms with E-state index in [4.69, 9.17) is 0 Å². The highest BCUT2D eigenvalue weighted by atomic mass is 32.1. The van der Waals surface area contributed by atoms with Crippen LogP contribution in [0.2, 0.25) is 0 Å². The third-order valence-corrected chi connectivity index (χ3v) is 6.36. The summed E-state index contributed by atoms with van der Waals surface area (Å²) in [6.45, 7) is 4.05. The van der Waals surface area contributed by atoms with E-state index < -0.39 is 0 Å². The number of nitro groups is 1. The zero-order valence-electron chi connectivity index (χ0n) is 16.7. The highest BCUT2D eigenvalue weighted by molar-refractivity contribution is 7.13. The summed E-state index contributed by atoms with van der Waals surface area (Å²) in [4.78, 5) is 33.1. The number of thiazole rings is 1. The molecule has 7 nitrogen and oxygen atoms in total. The predicted molar refractivity (Wildman–Crippen MR) is 117 cm³/mol. The van der Waals surface area contributed by atoms with Crippen molar-refractivity contribution in [1.29, 1.82) is 0 Å². The molecule has 1 aliphatic rings. The number of rotatable bonds is 5. The molecule has 1 aromatic heterocycles. The molecule has 1 amide bonds. The highest BCUT2D eigenvalue weighted by Gasteiger charge is 2.28. The average Bonchev–Trinajstić information content (AvgIpc) is 3.14. The van der Waals surface area contributed by atoms with E-state index in [-0.39, 0.29) is 16.5 Å². The Hall–Kier alpha value is -3.26. The number of carbonyl (C=O) groups is 1. The molecule has 0 spiro atoms. The number of piperazine rings is 1. The second-order valence-corrected chi connectivity index (χ2v) is 8.29. The van der Waals surface area contributed by atoms with Gasteiger partial charge >= 0.3 is 0 Å². The number of aryl methyl sites for hydroxylation is 1. The molecule has 2 heterocycles. The Morgan fingerprint density at radius 1 is 1.07 bits per heavy atom. The van der Waals surface area contributed by atoms with Crippen LogP contribution in [0.4, 0.5) is 11.4 Å². The van der Waals surface area contributed by atoms with Gasteiger partial charge in [-0.25, -0.2) is 4.98 Å². The monoisotopic (exact) mass is 422 g/mol. The third kappa shape index (κ3) is 4.18. The van der Waals surface area contributed by atoms with Crippen molar-refractivity contribution in [2.24, 2.45) is 0 Å². The van der Waals surface area contributed by atoms with E-state index in [0.717, 1.165) is 10.7 Å². The summed E-state index contributed by atoms with van der Waals surface area (Å²) in [5.74, 6) is -0.00785. The minimum atomic E-state index is -0.359. The SMILES string of the molecule is Cc1nc(Cc2ccccc2)sc1C(=O)N1CCN(c2ccccc2[N+](=O)[O-])CC1. The van der Waals surface area contributed by atoms with Crippen LogP contribution in [0.1, 0.15) is 25.9 Å². The molecular formula is C22H22N4O3S. The summed E-state index contributed by atoms with van der Waals surface area (Å²) in [5, 5.41) is 12.2. The fourth-order valence-electron chi connectivity index (χ4n) is 3.68. The van der Waals surface area contributed by atoms with Crippen molar-refractivity contribution >= 4 is 28.6 Å². The first-order valence-electron chi connectivity index (χ1n) is 9.81. The van der Waals surface area contributed by atoms with E-state index in [0.29, 0.717) is 43.2 Å². The summed E-state index contributed by atoms with van der Waals surface area (Å²) in [6, 6.07) is 16.8. The van der Waals surface area contributed by atoms with Gasteiger partial charge in [0.1, 0.15) is 10.6 Å². The first kappa shape index (κ1) is 20.0. The molecule has 1 saturated heterocycles. The Morgan fingerprint density at radius 2 is 1.73 bits per heavy atom. The Balaban J connectivity index is 1.43. The minimum absolute atomic E-state index is 0.00785. The number of para-hydroxylation sites is 2. The van der Waals surface area contributed by atoms with Crippen molar-refractivity contribution in [2.75, 3.05) is 31.1 Å². The van der Waals surface area contributed by atoms with Gasteiger partial charge in [-0.15, -0.1) is 11.3 Å². The van der Waals surface area contributed by atoms with Gasteiger partial charge in [-0.1, -0.05) is 42.5 Å². The van der Waals surface area contributed by atoms with Gasteiger partial charge in [-0.05, 0) is 18.6 Å². The van der Waals surface area contributed by atoms with Crippen LogP contribution in [0.15, 0.2) is 54.6 Å². The van der Waals surface area contributed by atoms with Crippen molar-refractivity contribution in [1.82, 2.24) is 9.88 Å². The quantitative estimate of drug-likeness (QED) is 0.460. The van der Waals surface area contributed by atoms with Gasteiger partial charge in [-0.2, -0.15) is 0 Å². The number of amides is 1. The van der Waals surface area contributed by atoms with Gasteiger partial charge in [0.15, 0.2) is 0 Å². The number of carbonyl (C=O) groups excluding carboxylic acids is 1. The van der Waals surface area contributed by atoms with Crippen LogP contribution in [0.3, 0.4) is 0 Å². The van der Waals surface area contributed by atoms with E-state index in [1.165, 1.54) is 23.0 Å². The standard InChI is InChI=1S/C22H22N4O3S/c1-16-21(30-20(23-16)15-17-7-3-2-4-8-17)22(27)25-13-11-24(12-14-25)18-9-5-6-10-19(18)26(28)29/h2-10H,11-15H2,1H3. The van der Waals surface area contributed by atoms with Gasteiger partial charge in [0.05, 0.1) is 15.6 Å². The predicted octanol–water partition coefficient (Wildman–Crippen LogP) is 3.91. The van der Waals surface area contributed by atoms with E-state index in [2.05, 4.69) is 17.1 Å². The molecule has 0 unspecified atom stereocenters. The molecule has 0 bridgehead atoms. The first-order valence-corrected chi connectivity index (χ1v) is 10.6. The second kappa shape index (κ2) is 8.62. The molecule has 0 atom stereocenters. The number of benzene rings is 2. The van der Waals surface area contributed by atoms with Crippen LogP contribution in [-0.2, 0) is 6.42 Å². The maximum Gasteiger partial charge on any atom is 0.292 e. The van der Waals surface area contributed by atoms with Crippen molar-refractivity contribution in [3.63, 3.8) is 0 Å². The number of anilines is 1. The summed E-state index contributed by atoms with van der Waals surface area (Å²) >= 11 is 1.45. The molecule has 8 heteroatoms. The van der Waals surface area contributed by atoms with E-state index in [1.807, 2.05) is 34.9 Å². The van der Waals surface area contributed by atoms with Crippen molar-refractivity contribution in [2.45, 2.75) is 13.3 Å². The fourth-order valence-corrected chi connectivity index (χ4v) is 4.74. The van der Waals surface area contributed by atoms with Crippen LogP contribution in [0.25, 0.3) is 0 Å². The first-order chi connectivity index (χ1) is 14.5. The average molecular weight is 423 g/mol. The topological polar surface area (TPSA) is 79.6 Å². The van der Waals surface area contributed by atoms with Gasteiger partial charge in [0.2, 0.25) is 0 Å². The van der Waals surface area contributed by atoms with E-state index >= 15 is 0 Å². The molecule has 30 heavy (non-hydrogen) atoms. The van der Waals surface area contributed by atoms with E-state index in [1.54, 1.807) is 18.2 Å². The van der Waals surface area contributed by atoms with Gasteiger partial charge in [-0.3, -0.25) is 14.9 Å². The largest absolute Gasteiger partial charge is 0.362 e. The summed E-state index contributed by atoms with van der Waals surface area (Å²) in [7, 11) is 0. The molecule has 0 radical (unpaired) electrons. The van der Waals surface area contributed by atoms with Gasteiger partial charge < -0.3 is 9.80 Å². The second-order valence-electron chi connectivity index (χ2n) is 7.21. The number of nitrogens with zero attached hydrogens (tertiary/aromatic N) is 4. The van der Waals surface area contributed by atoms with Crippen molar-refractivity contribution < 1.29 is 9.72 Å². The summed E-state index contributed by atoms with van der Waals surface area (Å²) in [6.07, 6.45) is 0.713. The lowest BCUT2D eigenvalue weighted by molar-refractivity contribution is -0.384. The lowest BCUT2D eigenvalue weighted by Gasteiger charge is -2.35. The van der Waals surface area contributed by atoms with Crippen molar-refractivity contribution in [3.05, 3.63) is 85.9 Å². The molecule has 1 fully saturated rings. The molecule has 0 N–H and O–H groups in total. The fraction of sp³-hybridized carbons (Fsp3) is 0.273. The molecule has 3 aromatic rings. The lowest BCUT2D eigenvalue weighted by Crippen LogP contribution is -2.48. The zero-order valence-corrected chi connectivity index (χ0v) is 17.5. The summed E-state index contributed by atoms with van der Waals surface area (Å²) < 4.78 is 0. The van der Waals surface area contributed by atoms with Crippen LogP contribution in [-0.4, -0.2) is 46.9 Å². The molecule has 154 valence electrons. The Kier molecular flexibility index (Phi) is 5.76. The normalized spacial score (nSPS) is 14.0. The maximum absolute atomic E-state index is 13.1. The van der Waals surface area contributed by atoms with Crippen LogP contribution in [0.5, 0.6) is 0 Å². The van der Waals surface area contributed by atoms with Crippen LogP contribution >= 0.6 is 11.3 Å². The third-order valence-electron chi connectivity index (χ3n) is 5.22. The maximum atomic E-state index is 13.1. The lowest BCUT2D eigenvalue weighted by atomic mass is 10.2. The number of hydrogen-bond acceptors (Lipinski definition) is 6. The van der Waals surface area contributed by atoms with Crippen molar-refractivity contribution in [3.8, 4) is 0 Å². The van der Waals surface area contributed by atoms with Crippen LogP contribution < -0.4 is 4.90 Å². The van der Waals surface area contributed by atoms with E-state index in [9.17, 15) is 14.9 Å². The Labute approximate surface area is 178 Å². The highest BCUT2D eigenvalue weighted by Crippen LogP contribution is 2.29. The molecular weight excluding hydrogens is 400 g/mol. The molecule has 4 rings (SSSR count). The molecule has 0 saturated carbocycles. The smallest absolute Gasteiger partial charge is 0.292 e. The summed E-state index contributed by atoms with van der Waals surface area (Å²) in [5.41, 5.74) is 2.63. The Bertz CT molecular complexity index is 1060. The van der Waals surface area contributed by atoms with Gasteiger partial charge in [0.25, 0.3) is 11.6 Å². The minimum Gasteiger partial charge on any atom is -0.362 e. The number of nitro benzene ring substituents is 1. The zero-order chi connectivity index (χ0) is 21.1.